The van der Waals surface area contributed by atoms with E-state index >= 15 is 0 Å². The number of hydrogen-bond donors (Lipinski definition) is 0. The van der Waals surface area contributed by atoms with Crippen LogP contribution in [0.25, 0.3) is 15.6 Å². The lowest BCUT2D eigenvalue weighted by molar-refractivity contribution is 0.138. The van der Waals surface area contributed by atoms with Gasteiger partial charge in [0.05, 0.1) is 17.3 Å². The number of anilines is 2. The zero-order chi connectivity index (χ0) is 28.5. The predicted molar refractivity (Wildman–Crippen MR) is 162 cm³/mol. The second-order valence-electron chi connectivity index (χ2n) is 11.9. The van der Waals surface area contributed by atoms with Crippen molar-refractivity contribution in [3.8, 4) is 6.01 Å². The van der Waals surface area contributed by atoms with Gasteiger partial charge < -0.3 is 19.4 Å². The van der Waals surface area contributed by atoms with E-state index in [1.165, 1.54) is 12.5 Å². The van der Waals surface area contributed by atoms with E-state index < -0.39 is 5.82 Å². The fraction of sp³-hybridized carbons (Fsp3) is 0.531. The van der Waals surface area contributed by atoms with Crippen LogP contribution in [0.2, 0.25) is 5.02 Å². The van der Waals surface area contributed by atoms with E-state index in [0.29, 0.717) is 43.7 Å². The molecule has 0 aliphatic carbocycles. The minimum Gasteiger partial charge on any atom is -0.462 e. The Hall–Kier alpha value is -3.15. The maximum Gasteiger partial charge on any atom is 0.318 e. The first-order chi connectivity index (χ1) is 19.9. The highest BCUT2D eigenvalue weighted by Gasteiger charge is 2.31. The number of rotatable bonds is 7. The van der Waals surface area contributed by atoms with Crippen LogP contribution < -0.4 is 14.5 Å². The Morgan fingerprint density at radius 1 is 1.10 bits per heavy atom. The Kier molecular flexibility index (Phi) is 8.19. The minimum atomic E-state index is -0.411. The number of halogens is 2. The van der Waals surface area contributed by atoms with Gasteiger partial charge in [-0.1, -0.05) is 29.8 Å². The summed E-state index contributed by atoms with van der Waals surface area (Å²) in [7, 11) is 0. The number of benzene rings is 2. The topological polar surface area (TPSA) is 49.1 Å². The molecule has 0 bridgehead atoms. The van der Waals surface area contributed by atoms with Crippen molar-refractivity contribution in [3.05, 3.63) is 63.8 Å². The van der Waals surface area contributed by atoms with E-state index in [0.717, 1.165) is 85.4 Å². The fourth-order valence-corrected chi connectivity index (χ4v) is 7.17. The van der Waals surface area contributed by atoms with Gasteiger partial charge in [-0.05, 0) is 70.0 Å². The molecule has 216 valence electrons. The second kappa shape index (κ2) is 12.0. The first-order valence-corrected chi connectivity index (χ1v) is 15.3. The largest absolute Gasteiger partial charge is 0.462 e. The van der Waals surface area contributed by atoms with Crippen LogP contribution in [-0.2, 0) is 13.0 Å². The number of fused-ring (bicyclic) bond motifs is 2. The lowest BCUT2D eigenvalue weighted by Gasteiger charge is -2.36. The van der Waals surface area contributed by atoms with Crippen molar-refractivity contribution in [2.24, 2.45) is 5.92 Å². The number of hydrogen-bond acceptors (Lipinski definition) is 6. The van der Waals surface area contributed by atoms with Gasteiger partial charge in [0.25, 0.3) is 0 Å². The molecule has 0 amide bonds. The average molecular weight is 577 g/mol. The second-order valence-corrected chi connectivity index (χ2v) is 12.3. The Morgan fingerprint density at radius 3 is 2.78 bits per heavy atom. The number of aromatic nitrogens is 2. The molecule has 3 aliphatic heterocycles. The van der Waals surface area contributed by atoms with Crippen LogP contribution in [0.1, 0.15) is 50.8 Å². The van der Waals surface area contributed by atoms with Gasteiger partial charge in [0.1, 0.15) is 18.2 Å². The molecule has 2 fully saturated rings. The normalized spacial score (nSPS) is 21.4. The summed E-state index contributed by atoms with van der Waals surface area (Å²) in [5, 5.41) is 1.80. The maximum absolute atomic E-state index is 14.5. The molecular weight excluding hydrogens is 539 g/mol. The highest BCUT2D eigenvalue weighted by Crippen LogP contribution is 2.38. The van der Waals surface area contributed by atoms with Gasteiger partial charge in [0, 0.05) is 54.3 Å². The van der Waals surface area contributed by atoms with Gasteiger partial charge in [0.2, 0.25) is 6.54 Å². The van der Waals surface area contributed by atoms with Crippen LogP contribution in [0.5, 0.6) is 6.01 Å². The van der Waals surface area contributed by atoms with Crippen LogP contribution in [0.15, 0.2) is 30.3 Å². The van der Waals surface area contributed by atoms with Crippen LogP contribution in [-0.4, -0.2) is 66.3 Å². The lowest BCUT2D eigenvalue weighted by Crippen LogP contribution is -2.40. The standard InChI is InChI=1S/C32H38ClFN6O/c1-21(2)40-15-6-9-24(40)20-41-32-36-27-19-38(28-10-4-8-23-11-12-26(34)30(33)29(23)28)16-13-25(27)31(37-32)39-14-5-7-22(18-39)17-35-3/h4,8,10-12,21-22,24H,5-7,9,13-20H2,1-2H3/t22-,24-/m0/s1. The summed E-state index contributed by atoms with van der Waals surface area (Å²) in [4.78, 5) is 20.8. The molecule has 4 heterocycles. The van der Waals surface area contributed by atoms with Crippen molar-refractivity contribution in [1.82, 2.24) is 14.9 Å². The molecule has 41 heavy (non-hydrogen) atoms. The molecule has 2 aromatic carbocycles. The predicted octanol–water partition coefficient (Wildman–Crippen LogP) is 6.37. The van der Waals surface area contributed by atoms with Crippen molar-refractivity contribution in [3.63, 3.8) is 0 Å². The quantitative estimate of drug-likeness (QED) is 0.305. The minimum absolute atomic E-state index is 0.154. The molecule has 0 radical (unpaired) electrons. The van der Waals surface area contributed by atoms with E-state index in [4.69, 9.17) is 32.9 Å². The summed E-state index contributed by atoms with van der Waals surface area (Å²) >= 11 is 6.50. The Balaban J connectivity index is 1.33. The van der Waals surface area contributed by atoms with Crippen molar-refractivity contribution in [2.75, 3.05) is 49.1 Å². The molecule has 9 heteroatoms. The van der Waals surface area contributed by atoms with Gasteiger partial charge in [-0.3, -0.25) is 4.90 Å². The first kappa shape index (κ1) is 28.0. The molecule has 3 aliphatic rings. The molecule has 7 nitrogen and oxygen atoms in total. The average Bonchev–Trinajstić information content (AvgIpc) is 3.46. The zero-order valence-corrected chi connectivity index (χ0v) is 24.7. The molecule has 1 aromatic heterocycles. The van der Waals surface area contributed by atoms with Crippen LogP contribution in [0.4, 0.5) is 15.9 Å². The van der Waals surface area contributed by atoms with Gasteiger partial charge in [0.15, 0.2) is 0 Å². The summed E-state index contributed by atoms with van der Waals surface area (Å²) in [5.41, 5.74) is 3.01. The van der Waals surface area contributed by atoms with E-state index in [9.17, 15) is 4.39 Å². The summed E-state index contributed by atoms with van der Waals surface area (Å²) < 4.78 is 20.9. The molecule has 0 saturated carbocycles. The first-order valence-electron chi connectivity index (χ1n) is 14.9. The molecule has 2 saturated heterocycles. The zero-order valence-electron chi connectivity index (χ0n) is 24.0. The number of likely N-dealkylation sites (tertiary alicyclic amines) is 1. The number of nitrogens with zero attached hydrogens (tertiary/aromatic N) is 6. The molecule has 0 spiro atoms. The van der Waals surface area contributed by atoms with Crippen molar-refractivity contribution in [1.29, 1.82) is 0 Å². The van der Waals surface area contributed by atoms with E-state index in [-0.39, 0.29) is 5.02 Å². The Morgan fingerprint density at radius 2 is 1.95 bits per heavy atom. The molecule has 6 rings (SSSR count). The van der Waals surface area contributed by atoms with Gasteiger partial charge in [-0.25, -0.2) is 11.0 Å². The summed E-state index contributed by atoms with van der Waals surface area (Å²) in [6, 6.07) is 10.4. The van der Waals surface area contributed by atoms with E-state index in [1.807, 2.05) is 18.2 Å². The lowest BCUT2D eigenvalue weighted by atomic mass is 9.96. The summed E-state index contributed by atoms with van der Waals surface area (Å²) in [6.45, 7) is 17.1. The van der Waals surface area contributed by atoms with Gasteiger partial charge in [-0.2, -0.15) is 9.97 Å². The molecule has 3 aromatic rings. The van der Waals surface area contributed by atoms with Crippen LogP contribution in [0, 0.1) is 18.3 Å². The third-order valence-electron chi connectivity index (χ3n) is 8.94. The SMILES string of the molecule is [C-]#[N+]C[C@@H]1CCCN(c2nc(OC[C@@H]3CCCN3C(C)C)nc3c2CCN(c2cccc4ccc(F)c(Cl)c24)C3)C1. The smallest absolute Gasteiger partial charge is 0.318 e. The van der Waals surface area contributed by atoms with Crippen LogP contribution in [0.3, 0.4) is 0 Å². The van der Waals surface area contributed by atoms with Gasteiger partial charge in [-0.15, -0.1) is 0 Å². The monoisotopic (exact) mass is 576 g/mol. The molecule has 0 N–H and O–H groups in total. The highest BCUT2D eigenvalue weighted by molar-refractivity contribution is 6.36. The van der Waals surface area contributed by atoms with Crippen molar-refractivity contribution >= 4 is 33.9 Å². The van der Waals surface area contributed by atoms with Crippen molar-refractivity contribution in [2.45, 2.75) is 64.6 Å². The molecular formula is C32H38ClFN6O. The van der Waals surface area contributed by atoms with E-state index in [2.05, 4.69) is 33.4 Å². The third-order valence-corrected chi connectivity index (χ3v) is 9.30. The van der Waals surface area contributed by atoms with Crippen molar-refractivity contribution < 1.29 is 9.13 Å². The van der Waals surface area contributed by atoms with Gasteiger partial charge >= 0.3 is 6.01 Å². The third kappa shape index (κ3) is 5.67. The summed E-state index contributed by atoms with van der Waals surface area (Å²) in [5.74, 6) is 0.890. The maximum atomic E-state index is 14.5. The fourth-order valence-electron chi connectivity index (χ4n) is 6.90. The molecule has 0 unspecified atom stereocenters. The molecule has 2 atom stereocenters. The van der Waals surface area contributed by atoms with Crippen LogP contribution >= 0.6 is 11.6 Å². The Bertz CT molecular complexity index is 1460. The number of ether oxygens (including phenoxy) is 1. The summed E-state index contributed by atoms with van der Waals surface area (Å²) in [6.07, 6.45) is 5.19. The Labute approximate surface area is 247 Å². The number of piperidine rings is 1. The highest BCUT2D eigenvalue weighted by atomic mass is 35.5. The van der Waals surface area contributed by atoms with E-state index in [1.54, 1.807) is 6.07 Å².